The van der Waals surface area contributed by atoms with Gasteiger partial charge in [-0.05, 0) is 24.0 Å². The fourth-order valence-corrected chi connectivity index (χ4v) is 2.95. The molecule has 1 aliphatic rings. The first-order chi connectivity index (χ1) is 12.1. The molecule has 9 heteroatoms. The number of amides is 1. The molecule has 2 N–H and O–H groups in total. The fraction of sp³-hybridized carbons (Fsp3) is 0.471. The summed E-state index contributed by atoms with van der Waals surface area (Å²) in [4.78, 5) is 17.7. The van der Waals surface area contributed by atoms with Crippen LogP contribution < -0.4 is 5.73 Å². The summed E-state index contributed by atoms with van der Waals surface area (Å²) in [6.45, 7) is 5.17. The van der Waals surface area contributed by atoms with Crippen LogP contribution in [0.5, 0.6) is 0 Å². The van der Waals surface area contributed by atoms with E-state index in [4.69, 9.17) is 5.73 Å². The smallest absolute Gasteiger partial charge is 0.338 e. The Kier molecular flexibility index (Phi) is 4.51. The molecule has 1 aromatic heterocycles. The van der Waals surface area contributed by atoms with E-state index < -0.39 is 12.1 Å². The Balaban J connectivity index is 1.75. The second-order valence-electron chi connectivity index (χ2n) is 7.11. The molecule has 3 rings (SSSR count). The van der Waals surface area contributed by atoms with Crippen LogP contribution in [0.1, 0.15) is 36.5 Å². The zero-order valence-corrected chi connectivity index (χ0v) is 14.4. The average Bonchev–Trinajstić information content (AvgIpc) is 3.07. The van der Waals surface area contributed by atoms with E-state index in [1.807, 2.05) is 13.8 Å². The molecule has 140 valence electrons. The summed E-state index contributed by atoms with van der Waals surface area (Å²) in [5.74, 6) is -1.72. The van der Waals surface area contributed by atoms with Crippen LogP contribution in [-0.4, -0.2) is 40.1 Å². The maximum absolute atomic E-state index is 12.7. The number of nitrogens with zero attached hydrogens (tertiary/aromatic N) is 3. The highest BCUT2D eigenvalue weighted by molar-refractivity contribution is 5.94. The molecular weight excluding hydrogens is 349 g/mol. The summed E-state index contributed by atoms with van der Waals surface area (Å²) in [5.41, 5.74) is 6.69. The second kappa shape index (κ2) is 6.39. The quantitative estimate of drug-likeness (QED) is 0.881. The standard InChI is InChI=1S/C17H19F3N4O2/c1-16(2)9-24(8-7-12(16)21)14(25)11-5-3-10(4-6-11)13-22-15(26-23-13)17(18,19)20/h3-6,12H,7-9,21H2,1-2H3. The molecule has 0 saturated carbocycles. The second-order valence-corrected chi connectivity index (χ2v) is 7.11. The lowest BCUT2D eigenvalue weighted by atomic mass is 9.79. The minimum atomic E-state index is -4.69. The number of rotatable bonds is 2. The third-order valence-corrected chi connectivity index (χ3v) is 4.66. The van der Waals surface area contributed by atoms with Gasteiger partial charge in [-0.1, -0.05) is 31.1 Å². The van der Waals surface area contributed by atoms with E-state index in [0.29, 0.717) is 24.2 Å². The van der Waals surface area contributed by atoms with Gasteiger partial charge < -0.3 is 15.2 Å². The van der Waals surface area contributed by atoms with Crippen molar-refractivity contribution < 1.29 is 22.5 Å². The van der Waals surface area contributed by atoms with Crippen molar-refractivity contribution in [3.63, 3.8) is 0 Å². The van der Waals surface area contributed by atoms with E-state index in [-0.39, 0.29) is 23.2 Å². The van der Waals surface area contributed by atoms with Crippen LogP contribution in [0.15, 0.2) is 28.8 Å². The average molecular weight is 368 g/mol. The number of piperidine rings is 1. The lowest BCUT2D eigenvalue weighted by Gasteiger charge is -2.42. The molecule has 2 heterocycles. The van der Waals surface area contributed by atoms with Crippen LogP contribution in [0.3, 0.4) is 0 Å². The molecule has 2 aromatic rings. The third kappa shape index (κ3) is 3.57. The number of benzene rings is 1. The monoisotopic (exact) mass is 368 g/mol. The van der Waals surface area contributed by atoms with Gasteiger partial charge in [0, 0.05) is 30.3 Å². The Morgan fingerprint density at radius 3 is 2.50 bits per heavy atom. The zero-order chi connectivity index (χ0) is 19.1. The predicted molar refractivity (Wildman–Crippen MR) is 87.0 cm³/mol. The minimum absolute atomic E-state index is 0.0370. The van der Waals surface area contributed by atoms with Crippen LogP contribution in [0.25, 0.3) is 11.4 Å². The molecule has 1 atom stereocenters. The fourth-order valence-electron chi connectivity index (χ4n) is 2.95. The normalized spacial score (nSPS) is 20.2. The first-order valence-electron chi connectivity index (χ1n) is 8.14. The molecule has 1 aromatic carbocycles. The maximum atomic E-state index is 12.7. The van der Waals surface area contributed by atoms with Crippen LogP contribution >= 0.6 is 0 Å². The molecule has 1 fully saturated rings. The molecule has 1 unspecified atom stereocenters. The largest absolute Gasteiger partial charge is 0.471 e. The SMILES string of the molecule is CC1(C)CN(C(=O)c2ccc(-c3noc(C(F)(F)F)n3)cc2)CCC1N. The molecule has 26 heavy (non-hydrogen) atoms. The number of halogens is 3. The van der Waals surface area contributed by atoms with Crippen molar-refractivity contribution in [1.82, 2.24) is 15.0 Å². The zero-order valence-electron chi connectivity index (χ0n) is 14.4. The minimum Gasteiger partial charge on any atom is -0.338 e. The van der Waals surface area contributed by atoms with Gasteiger partial charge in [0.2, 0.25) is 5.82 Å². The molecule has 1 saturated heterocycles. The van der Waals surface area contributed by atoms with E-state index in [1.54, 1.807) is 17.0 Å². The van der Waals surface area contributed by atoms with E-state index >= 15 is 0 Å². The number of carbonyl (C=O) groups excluding carboxylic acids is 1. The molecular formula is C17H19F3N4O2. The summed E-state index contributed by atoms with van der Waals surface area (Å²) in [5, 5.41) is 3.33. The van der Waals surface area contributed by atoms with Crippen LogP contribution in [-0.2, 0) is 6.18 Å². The van der Waals surface area contributed by atoms with Gasteiger partial charge in [-0.2, -0.15) is 18.2 Å². The van der Waals surface area contributed by atoms with Crippen molar-refractivity contribution in [3.8, 4) is 11.4 Å². The van der Waals surface area contributed by atoms with E-state index in [9.17, 15) is 18.0 Å². The van der Waals surface area contributed by atoms with Gasteiger partial charge in [0.05, 0.1) is 0 Å². The molecule has 0 radical (unpaired) electrons. The van der Waals surface area contributed by atoms with E-state index in [2.05, 4.69) is 14.7 Å². The molecule has 1 amide bonds. The van der Waals surface area contributed by atoms with Crippen molar-refractivity contribution in [2.45, 2.75) is 32.5 Å². The van der Waals surface area contributed by atoms with E-state index in [1.165, 1.54) is 12.1 Å². The van der Waals surface area contributed by atoms with Gasteiger partial charge in [0.25, 0.3) is 5.91 Å². The molecule has 0 spiro atoms. The molecule has 1 aliphatic heterocycles. The van der Waals surface area contributed by atoms with Crippen molar-refractivity contribution in [2.24, 2.45) is 11.1 Å². The number of hydrogen-bond acceptors (Lipinski definition) is 5. The Hall–Kier alpha value is -2.42. The Morgan fingerprint density at radius 2 is 1.96 bits per heavy atom. The summed E-state index contributed by atoms with van der Waals surface area (Å²) in [6.07, 6.45) is -3.97. The number of carbonyl (C=O) groups is 1. The highest BCUT2D eigenvalue weighted by Gasteiger charge is 2.38. The van der Waals surface area contributed by atoms with Gasteiger partial charge in [-0.15, -0.1) is 0 Å². The van der Waals surface area contributed by atoms with Gasteiger partial charge in [-0.3, -0.25) is 4.79 Å². The number of alkyl halides is 3. The third-order valence-electron chi connectivity index (χ3n) is 4.66. The van der Waals surface area contributed by atoms with Crippen LogP contribution in [0, 0.1) is 5.41 Å². The summed E-state index contributed by atoms with van der Waals surface area (Å²) < 4.78 is 41.8. The van der Waals surface area contributed by atoms with Gasteiger partial charge in [0.15, 0.2) is 0 Å². The topological polar surface area (TPSA) is 85.2 Å². The summed E-state index contributed by atoms with van der Waals surface area (Å²) in [7, 11) is 0. The van der Waals surface area contributed by atoms with Gasteiger partial charge in [-0.25, -0.2) is 0 Å². The highest BCUT2D eigenvalue weighted by atomic mass is 19.4. The lowest BCUT2D eigenvalue weighted by Crippen LogP contribution is -2.53. The number of likely N-dealkylation sites (tertiary alicyclic amines) is 1. The van der Waals surface area contributed by atoms with Crippen molar-refractivity contribution in [3.05, 3.63) is 35.7 Å². The van der Waals surface area contributed by atoms with Crippen LogP contribution in [0.4, 0.5) is 13.2 Å². The van der Waals surface area contributed by atoms with Crippen molar-refractivity contribution in [2.75, 3.05) is 13.1 Å². The first kappa shape index (κ1) is 18.4. The number of hydrogen-bond donors (Lipinski definition) is 1. The van der Waals surface area contributed by atoms with Crippen molar-refractivity contribution >= 4 is 5.91 Å². The van der Waals surface area contributed by atoms with Crippen LogP contribution in [0.2, 0.25) is 0 Å². The lowest BCUT2D eigenvalue weighted by molar-refractivity contribution is -0.159. The summed E-state index contributed by atoms with van der Waals surface area (Å²) in [6, 6.07) is 6.12. The first-order valence-corrected chi connectivity index (χ1v) is 8.14. The number of aromatic nitrogens is 2. The van der Waals surface area contributed by atoms with Gasteiger partial charge in [0.1, 0.15) is 0 Å². The van der Waals surface area contributed by atoms with Crippen molar-refractivity contribution in [1.29, 1.82) is 0 Å². The highest BCUT2D eigenvalue weighted by Crippen LogP contribution is 2.30. The Morgan fingerprint density at radius 1 is 1.31 bits per heavy atom. The predicted octanol–water partition coefficient (Wildman–Crippen LogP) is 2.95. The molecule has 6 nitrogen and oxygen atoms in total. The van der Waals surface area contributed by atoms with E-state index in [0.717, 1.165) is 6.42 Å². The Labute approximate surface area is 148 Å². The number of nitrogens with two attached hydrogens (primary N) is 1. The van der Waals surface area contributed by atoms with Gasteiger partial charge >= 0.3 is 12.1 Å². The summed E-state index contributed by atoms with van der Waals surface area (Å²) >= 11 is 0. The molecule has 0 bridgehead atoms. The maximum Gasteiger partial charge on any atom is 0.471 e. The Bertz CT molecular complexity index is 799. The molecule has 0 aliphatic carbocycles.